The number of amides is 1. The lowest BCUT2D eigenvalue weighted by Gasteiger charge is -2.34. The molecule has 2 aromatic rings. The van der Waals surface area contributed by atoms with E-state index >= 15 is 0 Å². The van der Waals surface area contributed by atoms with Crippen molar-refractivity contribution in [3.8, 4) is 0 Å². The number of hydrogen-bond acceptors (Lipinski definition) is 5. The van der Waals surface area contributed by atoms with E-state index in [2.05, 4.69) is 51.4 Å². The quantitative estimate of drug-likeness (QED) is 0.801. The van der Waals surface area contributed by atoms with E-state index in [1.54, 1.807) is 6.07 Å². The molecule has 0 saturated carbocycles. The molecule has 3 rings (SSSR count). The van der Waals surface area contributed by atoms with Gasteiger partial charge in [0.05, 0.1) is 0 Å². The van der Waals surface area contributed by atoms with Crippen LogP contribution in [-0.2, 0) is 0 Å². The highest BCUT2D eigenvalue weighted by atomic mass is 16.2. The summed E-state index contributed by atoms with van der Waals surface area (Å²) < 4.78 is 0. The van der Waals surface area contributed by atoms with Crippen LogP contribution < -0.4 is 5.32 Å². The van der Waals surface area contributed by atoms with Gasteiger partial charge in [-0.2, -0.15) is 0 Å². The molecule has 1 aliphatic heterocycles. The van der Waals surface area contributed by atoms with Crippen LogP contribution in [-0.4, -0.2) is 64.9 Å². The Morgan fingerprint density at radius 1 is 1.14 bits per heavy atom. The summed E-state index contributed by atoms with van der Waals surface area (Å²) in [7, 11) is 0. The van der Waals surface area contributed by atoms with Gasteiger partial charge in [-0.25, -0.2) is 9.97 Å². The highest BCUT2D eigenvalue weighted by Crippen LogP contribution is 2.11. The minimum atomic E-state index is -0.00970. The van der Waals surface area contributed by atoms with Crippen LogP contribution in [0.3, 0.4) is 0 Å². The third-order valence-corrected chi connectivity index (χ3v) is 4.74. The van der Waals surface area contributed by atoms with E-state index in [-0.39, 0.29) is 5.91 Å². The summed E-state index contributed by atoms with van der Waals surface area (Å²) in [4.78, 5) is 25.9. The number of nitrogens with one attached hydrogen (secondary N) is 1. The van der Waals surface area contributed by atoms with Crippen molar-refractivity contribution < 1.29 is 4.79 Å². The first-order valence-corrected chi connectivity index (χ1v) is 9.98. The van der Waals surface area contributed by atoms with E-state index < -0.39 is 0 Å². The summed E-state index contributed by atoms with van der Waals surface area (Å²) in [5, 5.41) is 3.17. The maximum Gasteiger partial charge on any atom is 0.272 e. The van der Waals surface area contributed by atoms with E-state index in [4.69, 9.17) is 0 Å². The van der Waals surface area contributed by atoms with Crippen LogP contribution in [0.2, 0.25) is 0 Å². The predicted molar refractivity (Wildman–Crippen MR) is 113 cm³/mol. The maximum absolute atomic E-state index is 12.9. The molecule has 0 atom stereocenters. The van der Waals surface area contributed by atoms with Gasteiger partial charge in [0, 0.05) is 45.0 Å². The number of aryl methyl sites for hydroxylation is 1. The van der Waals surface area contributed by atoms with Crippen molar-refractivity contribution in [3.63, 3.8) is 0 Å². The van der Waals surface area contributed by atoms with E-state index in [1.807, 2.05) is 30.0 Å². The van der Waals surface area contributed by atoms with Crippen molar-refractivity contribution in [1.29, 1.82) is 0 Å². The summed E-state index contributed by atoms with van der Waals surface area (Å²) in [5.41, 5.74) is 2.49. The topological polar surface area (TPSA) is 61.4 Å². The molecular formula is C22H29N5O. The number of rotatable bonds is 7. The standard InChI is InChI=1S/C22H29N5O/c1-3-11-23-22-24-18(2)17-20(25-22)21(28)27-15-13-26(14-16-27)12-7-10-19-8-5-4-6-9-19/h4-10,17H,3,11-16H2,1-2H3,(H,23,24,25)/b10-7+. The lowest BCUT2D eigenvalue weighted by atomic mass is 10.2. The Hall–Kier alpha value is -2.73. The molecule has 148 valence electrons. The first kappa shape index (κ1) is 20.0. The first-order chi connectivity index (χ1) is 13.7. The minimum Gasteiger partial charge on any atom is -0.354 e. The fraction of sp³-hybridized carbons (Fsp3) is 0.409. The lowest BCUT2D eigenvalue weighted by molar-refractivity contribution is 0.0644. The van der Waals surface area contributed by atoms with Crippen LogP contribution in [0.4, 0.5) is 5.95 Å². The van der Waals surface area contributed by atoms with E-state index in [0.717, 1.165) is 51.4 Å². The number of aromatic nitrogens is 2. The van der Waals surface area contributed by atoms with Crippen LogP contribution in [0, 0.1) is 6.92 Å². The Kier molecular flexibility index (Phi) is 7.14. The van der Waals surface area contributed by atoms with Crippen molar-refractivity contribution in [2.24, 2.45) is 0 Å². The average Bonchev–Trinajstić information content (AvgIpc) is 2.72. The molecular weight excluding hydrogens is 350 g/mol. The molecule has 6 heteroatoms. The smallest absolute Gasteiger partial charge is 0.272 e. The van der Waals surface area contributed by atoms with Gasteiger partial charge < -0.3 is 10.2 Å². The molecule has 1 N–H and O–H groups in total. The number of benzene rings is 1. The van der Waals surface area contributed by atoms with E-state index in [1.165, 1.54) is 5.56 Å². The summed E-state index contributed by atoms with van der Waals surface area (Å²) >= 11 is 0. The van der Waals surface area contributed by atoms with Crippen LogP contribution >= 0.6 is 0 Å². The van der Waals surface area contributed by atoms with Gasteiger partial charge in [0.2, 0.25) is 5.95 Å². The third-order valence-electron chi connectivity index (χ3n) is 4.74. The zero-order valence-corrected chi connectivity index (χ0v) is 16.8. The second-order valence-corrected chi connectivity index (χ2v) is 7.05. The van der Waals surface area contributed by atoms with E-state index in [9.17, 15) is 4.79 Å². The van der Waals surface area contributed by atoms with Crippen LogP contribution in [0.15, 0.2) is 42.5 Å². The van der Waals surface area contributed by atoms with E-state index in [0.29, 0.717) is 11.6 Å². The number of carbonyl (C=O) groups is 1. The Morgan fingerprint density at radius 2 is 1.89 bits per heavy atom. The molecule has 1 saturated heterocycles. The zero-order chi connectivity index (χ0) is 19.8. The van der Waals surface area contributed by atoms with Gasteiger partial charge in [-0.05, 0) is 25.0 Å². The SMILES string of the molecule is CCCNc1nc(C)cc(C(=O)N2CCN(C/C=C/c3ccccc3)CC2)n1. The molecule has 1 fully saturated rings. The van der Waals surface area contributed by atoms with Crippen molar-refractivity contribution in [2.75, 3.05) is 44.6 Å². The zero-order valence-electron chi connectivity index (χ0n) is 16.8. The van der Waals surface area contributed by atoms with Crippen LogP contribution in [0.1, 0.15) is 35.1 Å². The molecule has 1 aromatic carbocycles. The number of anilines is 1. The molecule has 0 radical (unpaired) electrons. The highest BCUT2D eigenvalue weighted by Gasteiger charge is 2.23. The molecule has 0 spiro atoms. The van der Waals surface area contributed by atoms with Crippen molar-refractivity contribution in [2.45, 2.75) is 20.3 Å². The summed E-state index contributed by atoms with van der Waals surface area (Å²) in [6.07, 6.45) is 5.32. The van der Waals surface area contributed by atoms with Crippen molar-refractivity contribution in [1.82, 2.24) is 19.8 Å². The molecule has 0 unspecified atom stereocenters. The van der Waals surface area contributed by atoms with Crippen LogP contribution in [0.25, 0.3) is 6.08 Å². The van der Waals surface area contributed by atoms with Gasteiger partial charge in [-0.1, -0.05) is 49.4 Å². The second kappa shape index (κ2) is 9.99. The van der Waals surface area contributed by atoms with Gasteiger partial charge in [0.15, 0.2) is 0 Å². The molecule has 2 heterocycles. The molecule has 1 aliphatic rings. The Balaban J connectivity index is 1.52. The fourth-order valence-corrected chi connectivity index (χ4v) is 3.19. The monoisotopic (exact) mass is 379 g/mol. The van der Waals surface area contributed by atoms with Crippen molar-refractivity contribution >= 4 is 17.9 Å². The number of nitrogens with zero attached hydrogens (tertiary/aromatic N) is 4. The van der Waals surface area contributed by atoms with Gasteiger partial charge in [-0.15, -0.1) is 0 Å². The molecule has 1 aromatic heterocycles. The van der Waals surface area contributed by atoms with Gasteiger partial charge in [0.25, 0.3) is 5.91 Å². The van der Waals surface area contributed by atoms with Gasteiger partial charge in [-0.3, -0.25) is 9.69 Å². The fourth-order valence-electron chi connectivity index (χ4n) is 3.19. The minimum absolute atomic E-state index is 0.00970. The van der Waals surface area contributed by atoms with Gasteiger partial charge in [0.1, 0.15) is 5.69 Å². The average molecular weight is 380 g/mol. The normalized spacial score (nSPS) is 15.1. The second-order valence-electron chi connectivity index (χ2n) is 7.05. The number of piperazine rings is 1. The summed E-state index contributed by atoms with van der Waals surface area (Å²) in [6.45, 7) is 8.86. The lowest BCUT2D eigenvalue weighted by Crippen LogP contribution is -2.48. The summed E-state index contributed by atoms with van der Waals surface area (Å²) in [5.74, 6) is 0.527. The molecule has 28 heavy (non-hydrogen) atoms. The third kappa shape index (κ3) is 5.63. The Morgan fingerprint density at radius 3 is 2.61 bits per heavy atom. The molecule has 0 aliphatic carbocycles. The summed E-state index contributed by atoms with van der Waals surface area (Å²) in [6, 6.07) is 12.1. The van der Waals surface area contributed by atoms with Crippen LogP contribution in [0.5, 0.6) is 0 Å². The van der Waals surface area contributed by atoms with Crippen molar-refractivity contribution in [3.05, 3.63) is 59.4 Å². The Labute approximate surface area is 167 Å². The molecule has 1 amide bonds. The largest absolute Gasteiger partial charge is 0.354 e. The molecule has 0 bridgehead atoms. The molecule has 6 nitrogen and oxygen atoms in total. The maximum atomic E-state index is 12.9. The highest BCUT2D eigenvalue weighted by molar-refractivity contribution is 5.92. The first-order valence-electron chi connectivity index (χ1n) is 9.98. The number of hydrogen-bond donors (Lipinski definition) is 1. The predicted octanol–water partition coefficient (Wildman–Crippen LogP) is 3.08. The number of carbonyl (C=O) groups excluding carboxylic acids is 1. The Bertz CT molecular complexity index is 798. The van der Waals surface area contributed by atoms with Gasteiger partial charge >= 0.3 is 0 Å².